The molecule has 2 aliphatic rings. The number of rotatable bonds is 2. The highest BCUT2D eigenvalue weighted by molar-refractivity contribution is 5.85. The maximum atomic E-state index is 11.9. The van der Waals surface area contributed by atoms with E-state index >= 15 is 0 Å². The van der Waals surface area contributed by atoms with Crippen molar-refractivity contribution in [3.63, 3.8) is 0 Å². The molecule has 3 unspecified atom stereocenters. The van der Waals surface area contributed by atoms with Crippen molar-refractivity contribution in [1.29, 1.82) is 0 Å². The topological polar surface area (TPSA) is 64.4 Å². The molecule has 2 fully saturated rings. The number of carbonyl (C=O) groups excluding carboxylic acids is 1. The van der Waals surface area contributed by atoms with E-state index < -0.39 is 0 Å². The summed E-state index contributed by atoms with van der Waals surface area (Å²) >= 11 is 0. The van der Waals surface area contributed by atoms with Crippen LogP contribution in [0.2, 0.25) is 0 Å². The number of nitrogens with two attached hydrogens (primary N) is 1. The number of nitrogens with one attached hydrogen (secondary N) is 1. The number of ether oxygens (including phenoxy) is 1. The first-order valence-electron chi connectivity index (χ1n) is 5.74. The van der Waals surface area contributed by atoms with Crippen LogP contribution in [0.15, 0.2) is 0 Å². The summed E-state index contributed by atoms with van der Waals surface area (Å²) in [7, 11) is 0. The molecule has 0 spiro atoms. The van der Waals surface area contributed by atoms with E-state index in [0.717, 1.165) is 32.3 Å². The lowest BCUT2D eigenvalue weighted by Gasteiger charge is -2.25. The van der Waals surface area contributed by atoms with Crippen LogP contribution in [0.5, 0.6) is 0 Å². The van der Waals surface area contributed by atoms with E-state index in [0.29, 0.717) is 6.61 Å². The van der Waals surface area contributed by atoms with Gasteiger partial charge in [0.05, 0.1) is 12.1 Å². The summed E-state index contributed by atoms with van der Waals surface area (Å²) in [4.78, 5) is 11.9. The summed E-state index contributed by atoms with van der Waals surface area (Å²) in [5.41, 5.74) is 5.65. The molecule has 0 radical (unpaired) electrons. The van der Waals surface area contributed by atoms with Gasteiger partial charge in [0.2, 0.25) is 5.91 Å². The molecule has 5 heteroatoms. The van der Waals surface area contributed by atoms with Crippen molar-refractivity contribution in [2.75, 3.05) is 13.2 Å². The second kappa shape index (κ2) is 5.34. The molecule has 0 aromatic rings. The fourth-order valence-corrected chi connectivity index (χ4v) is 2.42. The highest BCUT2D eigenvalue weighted by atomic mass is 35.5. The number of amides is 1. The fourth-order valence-electron chi connectivity index (χ4n) is 2.42. The molecule has 1 amide bonds. The van der Waals surface area contributed by atoms with Crippen molar-refractivity contribution in [3.8, 4) is 0 Å². The van der Waals surface area contributed by atoms with Crippen LogP contribution in [0.3, 0.4) is 0 Å². The highest BCUT2D eigenvalue weighted by Gasteiger charge is 2.35. The van der Waals surface area contributed by atoms with Crippen LogP contribution in [0.4, 0.5) is 0 Å². The van der Waals surface area contributed by atoms with E-state index in [2.05, 4.69) is 5.32 Å². The second-order valence-electron chi connectivity index (χ2n) is 5.12. The SMILES string of the molecule is CC1(NC(=O)C2CCC(N)C2)CCOC1.Cl. The van der Waals surface area contributed by atoms with Gasteiger partial charge in [-0.15, -0.1) is 12.4 Å². The Morgan fingerprint density at radius 2 is 2.25 bits per heavy atom. The zero-order chi connectivity index (χ0) is 10.9. The number of halogens is 1. The summed E-state index contributed by atoms with van der Waals surface area (Å²) < 4.78 is 5.31. The maximum absolute atomic E-state index is 11.9. The molecule has 0 aromatic heterocycles. The van der Waals surface area contributed by atoms with Gasteiger partial charge in [0, 0.05) is 18.6 Å². The normalized spacial score (nSPS) is 38.1. The monoisotopic (exact) mass is 248 g/mol. The van der Waals surface area contributed by atoms with E-state index in [-0.39, 0.29) is 35.8 Å². The zero-order valence-electron chi connectivity index (χ0n) is 9.70. The van der Waals surface area contributed by atoms with Crippen molar-refractivity contribution in [1.82, 2.24) is 5.32 Å². The van der Waals surface area contributed by atoms with Gasteiger partial charge in [-0.1, -0.05) is 0 Å². The van der Waals surface area contributed by atoms with Gasteiger partial charge in [-0.25, -0.2) is 0 Å². The van der Waals surface area contributed by atoms with E-state index in [9.17, 15) is 4.79 Å². The lowest BCUT2D eigenvalue weighted by molar-refractivity contribution is -0.126. The van der Waals surface area contributed by atoms with Crippen LogP contribution >= 0.6 is 12.4 Å². The Morgan fingerprint density at radius 3 is 2.75 bits per heavy atom. The summed E-state index contributed by atoms with van der Waals surface area (Å²) in [5, 5.41) is 3.10. The van der Waals surface area contributed by atoms with E-state index in [4.69, 9.17) is 10.5 Å². The molecule has 94 valence electrons. The van der Waals surface area contributed by atoms with Crippen molar-refractivity contribution in [2.45, 2.75) is 44.2 Å². The third kappa shape index (κ3) is 3.09. The average Bonchev–Trinajstić information content (AvgIpc) is 2.75. The molecule has 0 aromatic carbocycles. The van der Waals surface area contributed by atoms with Crippen LogP contribution in [-0.4, -0.2) is 30.7 Å². The van der Waals surface area contributed by atoms with Gasteiger partial charge in [-0.3, -0.25) is 4.79 Å². The Balaban J connectivity index is 0.00000128. The van der Waals surface area contributed by atoms with Gasteiger partial charge in [0.1, 0.15) is 0 Å². The minimum Gasteiger partial charge on any atom is -0.379 e. The molecule has 1 aliphatic carbocycles. The molecule has 1 saturated carbocycles. The molecule has 2 rings (SSSR count). The summed E-state index contributed by atoms with van der Waals surface area (Å²) in [5.74, 6) is 0.286. The Morgan fingerprint density at radius 1 is 1.50 bits per heavy atom. The van der Waals surface area contributed by atoms with Crippen LogP contribution in [-0.2, 0) is 9.53 Å². The third-order valence-electron chi connectivity index (χ3n) is 3.49. The van der Waals surface area contributed by atoms with Crippen LogP contribution < -0.4 is 11.1 Å². The first-order valence-corrected chi connectivity index (χ1v) is 5.74. The minimum atomic E-state index is -0.149. The van der Waals surface area contributed by atoms with Crippen LogP contribution in [0.1, 0.15) is 32.6 Å². The van der Waals surface area contributed by atoms with Crippen molar-refractivity contribution >= 4 is 18.3 Å². The second-order valence-corrected chi connectivity index (χ2v) is 5.12. The van der Waals surface area contributed by atoms with Gasteiger partial charge in [-0.2, -0.15) is 0 Å². The standard InChI is InChI=1S/C11H20N2O2.ClH/c1-11(4-5-15-7-11)13-10(14)8-2-3-9(12)6-8;/h8-9H,2-7,12H2,1H3,(H,13,14);1H. The Bertz CT molecular complexity index is 254. The van der Waals surface area contributed by atoms with Gasteiger partial charge < -0.3 is 15.8 Å². The van der Waals surface area contributed by atoms with Crippen LogP contribution in [0, 0.1) is 5.92 Å². The Hall–Kier alpha value is -0.320. The van der Waals surface area contributed by atoms with Crippen molar-refractivity contribution in [2.24, 2.45) is 11.7 Å². The predicted octanol–water partition coefficient (Wildman–Crippen LogP) is 0.831. The molecule has 3 atom stereocenters. The lowest BCUT2D eigenvalue weighted by Crippen LogP contribution is -2.48. The largest absolute Gasteiger partial charge is 0.379 e. The first kappa shape index (κ1) is 13.7. The van der Waals surface area contributed by atoms with E-state index in [1.54, 1.807) is 0 Å². The molecule has 3 N–H and O–H groups in total. The van der Waals surface area contributed by atoms with Gasteiger partial charge >= 0.3 is 0 Å². The molecular formula is C11H21ClN2O2. The molecule has 1 heterocycles. The summed E-state index contributed by atoms with van der Waals surface area (Å²) in [6.45, 7) is 3.44. The fraction of sp³-hybridized carbons (Fsp3) is 0.909. The molecule has 4 nitrogen and oxygen atoms in total. The summed E-state index contributed by atoms with van der Waals surface area (Å²) in [6.07, 6.45) is 3.66. The van der Waals surface area contributed by atoms with Crippen molar-refractivity contribution < 1.29 is 9.53 Å². The van der Waals surface area contributed by atoms with Gasteiger partial charge in [-0.05, 0) is 32.6 Å². The predicted molar refractivity (Wildman–Crippen MR) is 64.5 cm³/mol. The molecule has 0 bridgehead atoms. The highest BCUT2D eigenvalue weighted by Crippen LogP contribution is 2.26. The van der Waals surface area contributed by atoms with Crippen molar-refractivity contribution in [3.05, 3.63) is 0 Å². The molecular weight excluding hydrogens is 228 g/mol. The van der Waals surface area contributed by atoms with E-state index in [1.165, 1.54) is 0 Å². The third-order valence-corrected chi connectivity index (χ3v) is 3.49. The minimum absolute atomic E-state index is 0. The Kier molecular flexibility index (Phi) is 4.59. The quantitative estimate of drug-likeness (QED) is 0.761. The first-order chi connectivity index (χ1) is 7.09. The van der Waals surface area contributed by atoms with Gasteiger partial charge in [0.25, 0.3) is 0 Å². The zero-order valence-corrected chi connectivity index (χ0v) is 10.5. The number of carbonyl (C=O) groups is 1. The van der Waals surface area contributed by atoms with Gasteiger partial charge in [0.15, 0.2) is 0 Å². The number of hydrogen-bond acceptors (Lipinski definition) is 3. The van der Waals surface area contributed by atoms with Crippen LogP contribution in [0.25, 0.3) is 0 Å². The summed E-state index contributed by atoms with van der Waals surface area (Å²) in [6, 6.07) is 0.216. The smallest absolute Gasteiger partial charge is 0.223 e. The maximum Gasteiger partial charge on any atom is 0.223 e. The number of hydrogen-bond donors (Lipinski definition) is 2. The lowest BCUT2D eigenvalue weighted by atomic mass is 9.99. The molecule has 16 heavy (non-hydrogen) atoms. The molecule has 1 saturated heterocycles. The Labute approximate surface area is 103 Å². The molecule has 1 aliphatic heterocycles. The average molecular weight is 249 g/mol. The van der Waals surface area contributed by atoms with E-state index in [1.807, 2.05) is 6.92 Å².